The summed E-state index contributed by atoms with van der Waals surface area (Å²) in [6.45, 7) is 3.69. The van der Waals surface area contributed by atoms with Crippen LogP contribution < -0.4 is 0 Å². The molecule has 1 saturated heterocycles. The molecule has 2 aromatic carbocycles. The lowest BCUT2D eigenvalue weighted by Crippen LogP contribution is -2.49. The van der Waals surface area contributed by atoms with Crippen molar-refractivity contribution in [2.24, 2.45) is 4.40 Å². The first-order chi connectivity index (χ1) is 14.9. The number of sulfonamides is 1. The van der Waals surface area contributed by atoms with E-state index in [1.807, 2.05) is 23.1 Å². The zero-order valence-corrected chi connectivity index (χ0v) is 18.3. The molecule has 0 aromatic heterocycles. The number of nitrogens with zero attached hydrogens (tertiary/aromatic N) is 3. The summed E-state index contributed by atoms with van der Waals surface area (Å²) in [5, 5.41) is 0.610. The molecule has 2 aliphatic rings. The molecule has 0 unspecified atom stereocenters. The van der Waals surface area contributed by atoms with Gasteiger partial charge >= 0.3 is 5.97 Å². The van der Waals surface area contributed by atoms with Crippen LogP contribution in [0.2, 0.25) is 5.02 Å². The number of esters is 1. The maximum atomic E-state index is 12.3. The average Bonchev–Trinajstić information content (AvgIpc) is 3.04. The van der Waals surface area contributed by atoms with Gasteiger partial charge in [-0.15, -0.1) is 4.40 Å². The normalized spacial score (nSPS) is 18.1. The minimum Gasteiger partial charge on any atom is -0.461 e. The van der Waals surface area contributed by atoms with Crippen molar-refractivity contribution in [3.8, 4) is 0 Å². The van der Waals surface area contributed by atoms with Crippen LogP contribution >= 0.6 is 11.6 Å². The van der Waals surface area contributed by atoms with Crippen molar-refractivity contribution in [1.29, 1.82) is 0 Å². The topological polar surface area (TPSA) is 79.3 Å². The van der Waals surface area contributed by atoms with Crippen LogP contribution in [0.5, 0.6) is 0 Å². The molecule has 9 heteroatoms. The highest BCUT2D eigenvalue weighted by molar-refractivity contribution is 7.90. The van der Waals surface area contributed by atoms with E-state index >= 15 is 0 Å². The summed E-state index contributed by atoms with van der Waals surface area (Å²) in [6, 6.07) is 14.1. The number of carbonyl (C=O) groups is 1. The number of benzene rings is 2. The molecular formula is C22H22ClN3O4S. The number of hydrogen-bond acceptors (Lipinski definition) is 6. The molecule has 0 saturated carbocycles. The average molecular weight is 460 g/mol. The minimum atomic E-state index is -3.61. The summed E-state index contributed by atoms with van der Waals surface area (Å²) < 4.78 is 33.8. The van der Waals surface area contributed by atoms with E-state index in [1.54, 1.807) is 36.4 Å². The molecule has 0 bridgehead atoms. The van der Waals surface area contributed by atoms with Gasteiger partial charge in [0.2, 0.25) is 0 Å². The van der Waals surface area contributed by atoms with E-state index in [9.17, 15) is 13.2 Å². The van der Waals surface area contributed by atoms with E-state index < -0.39 is 16.0 Å². The van der Waals surface area contributed by atoms with Gasteiger partial charge in [-0.2, -0.15) is 8.42 Å². The zero-order chi connectivity index (χ0) is 21.8. The highest BCUT2D eigenvalue weighted by Gasteiger charge is 2.32. The van der Waals surface area contributed by atoms with Crippen molar-refractivity contribution in [1.82, 2.24) is 9.80 Å². The lowest BCUT2D eigenvalue weighted by atomic mass is 10.1. The second-order valence-corrected chi connectivity index (χ2v) is 9.28. The molecule has 162 valence electrons. The van der Waals surface area contributed by atoms with Gasteiger partial charge in [0.1, 0.15) is 11.5 Å². The summed E-state index contributed by atoms with van der Waals surface area (Å²) in [7, 11) is -3.61. The van der Waals surface area contributed by atoms with Crippen LogP contribution in [0.4, 0.5) is 0 Å². The van der Waals surface area contributed by atoms with Gasteiger partial charge < -0.3 is 9.64 Å². The van der Waals surface area contributed by atoms with Gasteiger partial charge in [-0.25, -0.2) is 4.79 Å². The van der Waals surface area contributed by atoms with E-state index in [4.69, 9.17) is 16.3 Å². The van der Waals surface area contributed by atoms with Crippen LogP contribution in [0.3, 0.4) is 0 Å². The van der Waals surface area contributed by atoms with E-state index in [-0.39, 0.29) is 11.5 Å². The van der Waals surface area contributed by atoms with Gasteiger partial charge in [-0.05, 0) is 35.9 Å². The number of carbonyl (C=O) groups excluding carboxylic acids is 1. The van der Waals surface area contributed by atoms with E-state index in [1.165, 1.54) is 6.08 Å². The van der Waals surface area contributed by atoms with Gasteiger partial charge in [-0.3, -0.25) is 4.90 Å². The summed E-state index contributed by atoms with van der Waals surface area (Å²) in [6.07, 6.45) is 3.06. The molecule has 7 nitrogen and oxygen atoms in total. The fourth-order valence-corrected chi connectivity index (χ4v) is 5.02. The van der Waals surface area contributed by atoms with Gasteiger partial charge in [0.25, 0.3) is 10.0 Å². The van der Waals surface area contributed by atoms with Crippen molar-refractivity contribution in [2.75, 3.05) is 39.3 Å². The Balaban J connectivity index is 1.24. The zero-order valence-electron chi connectivity index (χ0n) is 16.8. The number of piperazine rings is 1. The van der Waals surface area contributed by atoms with Crippen molar-refractivity contribution in [2.45, 2.75) is 4.90 Å². The second-order valence-electron chi connectivity index (χ2n) is 7.27. The van der Waals surface area contributed by atoms with Gasteiger partial charge in [0.15, 0.2) is 5.84 Å². The largest absolute Gasteiger partial charge is 0.461 e. The Morgan fingerprint density at radius 3 is 2.65 bits per heavy atom. The minimum absolute atomic E-state index is 0.269. The third kappa shape index (κ3) is 5.15. The lowest BCUT2D eigenvalue weighted by Gasteiger charge is -2.35. The Hall–Kier alpha value is -2.68. The molecule has 2 heterocycles. The van der Waals surface area contributed by atoms with Crippen LogP contribution in [0.15, 0.2) is 63.9 Å². The maximum absolute atomic E-state index is 12.3. The molecule has 1 fully saturated rings. The number of rotatable bonds is 5. The number of fused-ring (bicyclic) bond motifs is 1. The molecule has 31 heavy (non-hydrogen) atoms. The highest BCUT2D eigenvalue weighted by Crippen LogP contribution is 2.27. The summed E-state index contributed by atoms with van der Waals surface area (Å²) >= 11 is 5.92. The predicted octanol–water partition coefficient (Wildman–Crippen LogP) is 2.66. The van der Waals surface area contributed by atoms with Crippen molar-refractivity contribution in [3.63, 3.8) is 0 Å². The van der Waals surface area contributed by atoms with Crippen LogP contribution in [-0.4, -0.2) is 69.4 Å². The third-order valence-corrected chi connectivity index (χ3v) is 6.76. The number of ether oxygens (including phenoxy) is 1. The Kier molecular flexibility index (Phi) is 6.41. The predicted molar refractivity (Wildman–Crippen MR) is 120 cm³/mol. The smallest absolute Gasteiger partial charge is 0.330 e. The fraction of sp³-hybridized carbons (Fsp3) is 0.273. The Morgan fingerprint density at radius 1 is 1.10 bits per heavy atom. The first kappa shape index (κ1) is 21.5. The number of amidine groups is 1. The third-order valence-electron chi connectivity index (χ3n) is 5.20. The first-order valence-corrected chi connectivity index (χ1v) is 11.8. The number of hydrogen-bond donors (Lipinski definition) is 0. The molecule has 0 aliphatic carbocycles. The summed E-state index contributed by atoms with van der Waals surface area (Å²) in [4.78, 5) is 16.4. The SMILES string of the molecule is O=C(C=Cc1cccc(Cl)c1)OCCN1CCN(C2=NS(=O)(=O)c3ccccc32)CC1. The Morgan fingerprint density at radius 2 is 1.87 bits per heavy atom. The second kappa shape index (κ2) is 9.21. The molecule has 0 atom stereocenters. The molecule has 4 rings (SSSR count). The molecule has 2 aromatic rings. The lowest BCUT2D eigenvalue weighted by molar-refractivity contribution is -0.138. The monoisotopic (exact) mass is 459 g/mol. The van der Waals surface area contributed by atoms with Gasteiger partial charge in [0.05, 0.1) is 0 Å². The molecule has 0 spiro atoms. The van der Waals surface area contributed by atoms with Crippen LogP contribution in [-0.2, 0) is 19.6 Å². The molecule has 0 amide bonds. The Labute approximate surface area is 186 Å². The highest BCUT2D eigenvalue weighted by atomic mass is 35.5. The van der Waals surface area contributed by atoms with E-state index in [0.717, 1.165) is 18.7 Å². The van der Waals surface area contributed by atoms with E-state index in [2.05, 4.69) is 9.30 Å². The van der Waals surface area contributed by atoms with E-state index in [0.29, 0.717) is 36.1 Å². The molecule has 0 radical (unpaired) electrons. The Bertz CT molecular complexity index is 1140. The quantitative estimate of drug-likeness (QED) is 0.505. The first-order valence-electron chi connectivity index (χ1n) is 9.94. The van der Waals surface area contributed by atoms with Crippen molar-refractivity contribution >= 4 is 39.5 Å². The van der Waals surface area contributed by atoms with Gasteiger partial charge in [0, 0.05) is 49.4 Å². The van der Waals surface area contributed by atoms with Gasteiger partial charge in [-0.1, -0.05) is 35.9 Å². The number of halogens is 1. The summed E-state index contributed by atoms with van der Waals surface area (Å²) in [5.41, 5.74) is 1.50. The standard InChI is InChI=1S/C22H22ClN3O4S/c23-18-5-3-4-17(16-18)8-9-21(27)30-15-14-25-10-12-26(13-11-25)22-19-6-1-2-7-20(19)31(28,29)24-22/h1-9,16H,10-15H2. The van der Waals surface area contributed by atoms with Crippen molar-refractivity contribution in [3.05, 3.63) is 70.8 Å². The maximum Gasteiger partial charge on any atom is 0.330 e. The van der Waals surface area contributed by atoms with Crippen LogP contribution in [0, 0.1) is 0 Å². The molecule has 2 aliphatic heterocycles. The van der Waals surface area contributed by atoms with Crippen LogP contribution in [0.25, 0.3) is 6.08 Å². The fourth-order valence-electron chi connectivity index (χ4n) is 3.60. The molecular weight excluding hydrogens is 438 g/mol. The molecule has 0 N–H and O–H groups in total. The summed E-state index contributed by atoms with van der Waals surface area (Å²) in [5.74, 6) is 0.119. The van der Waals surface area contributed by atoms with Crippen molar-refractivity contribution < 1.29 is 17.9 Å². The van der Waals surface area contributed by atoms with Crippen LogP contribution in [0.1, 0.15) is 11.1 Å².